The molecule has 1 aliphatic rings. The number of nitrogens with one attached hydrogen (secondary N) is 1. The Labute approximate surface area is 169 Å². The lowest BCUT2D eigenvalue weighted by Crippen LogP contribution is -2.36. The summed E-state index contributed by atoms with van der Waals surface area (Å²) in [6, 6.07) is 7.62. The zero-order valence-corrected chi connectivity index (χ0v) is 17.4. The standard InChI is InChI=1S/C19H24ClN3OS.ClH/c1-11(22-18(24)16-5-3-4-14(16)10-21)17-12(2)23-19(25-17)13-6-8-15(20)9-7-13;/h6-9,11,14,16H,3-5,10,21H2,1-2H3,(H,22,24);1H/t11?,14-,16-;/m1./s1. The van der Waals surface area contributed by atoms with E-state index < -0.39 is 0 Å². The van der Waals surface area contributed by atoms with Crippen molar-refractivity contribution in [1.82, 2.24) is 10.3 Å². The zero-order chi connectivity index (χ0) is 18.0. The summed E-state index contributed by atoms with van der Waals surface area (Å²) in [6.07, 6.45) is 3.09. The number of carbonyl (C=O) groups excluding carboxylic acids is 1. The number of carbonyl (C=O) groups is 1. The van der Waals surface area contributed by atoms with Crippen LogP contribution in [0.1, 0.15) is 42.8 Å². The van der Waals surface area contributed by atoms with Crippen molar-refractivity contribution in [3.05, 3.63) is 39.9 Å². The molecule has 2 aromatic rings. The Morgan fingerprint density at radius 3 is 2.73 bits per heavy atom. The smallest absolute Gasteiger partial charge is 0.223 e. The zero-order valence-electron chi connectivity index (χ0n) is 15.0. The van der Waals surface area contributed by atoms with Gasteiger partial charge in [-0.1, -0.05) is 30.2 Å². The van der Waals surface area contributed by atoms with Crippen LogP contribution < -0.4 is 11.1 Å². The number of aromatic nitrogens is 1. The van der Waals surface area contributed by atoms with Gasteiger partial charge in [0.25, 0.3) is 0 Å². The monoisotopic (exact) mass is 413 g/mol. The summed E-state index contributed by atoms with van der Waals surface area (Å²) in [6.45, 7) is 4.61. The van der Waals surface area contributed by atoms with Gasteiger partial charge in [-0.05, 0) is 51.3 Å². The van der Waals surface area contributed by atoms with Gasteiger partial charge in [-0.15, -0.1) is 23.7 Å². The van der Waals surface area contributed by atoms with Crippen molar-refractivity contribution in [2.75, 3.05) is 6.54 Å². The second-order valence-electron chi connectivity index (χ2n) is 6.74. The normalized spacial score (nSPS) is 20.5. The summed E-state index contributed by atoms with van der Waals surface area (Å²) in [5, 5.41) is 4.83. The second kappa shape index (κ2) is 9.18. The number of rotatable bonds is 5. The quantitative estimate of drug-likeness (QED) is 0.742. The lowest BCUT2D eigenvalue weighted by atomic mass is 9.95. The fourth-order valence-electron chi connectivity index (χ4n) is 3.58. The largest absolute Gasteiger partial charge is 0.348 e. The average Bonchev–Trinajstić information content (AvgIpc) is 3.21. The van der Waals surface area contributed by atoms with E-state index in [9.17, 15) is 4.79 Å². The van der Waals surface area contributed by atoms with Gasteiger partial charge in [-0.25, -0.2) is 4.98 Å². The van der Waals surface area contributed by atoms with Crippen LogP contribution in [-0.4, -0.2) is 17.4 Å². The minimum absolute atomic E-state index is 0. The topological polar surface area (TPSA) is 68.0 Å². The maximum absolute atomic E-state index is 12.6. The molecule has 0 aliphatic heterocycles. The van der Waals surface area contributed by atoms with Crippen molar-refractivity contribution < 1.29 is 4.79 Å². The van der Waals surface area contributed by atoms with Gasteiger partial charge < -0.3 is 11.1 Å². The lowest BCUT2D eigenvalue weighted by molar-refractivity contribution is -0.126. The number of hydrogen-bond acceptors (Lipinski definition) is 4. The first-order chi connectivity index (χ1) is 12.0. The Morgan fingerprint density at radius 1 is 1.38 bits per heavy atom. The Kier molecular flexibility index (Phi) is 7.47. The molecule has 4 nitrogen and oxygen atoms in total. The van der Waals surface area contributed by atoms with Gasteiger partial charge in [-0.2, -0.15) is 0 Å². The van der Waals surface area contributed by atoms with Gasteiger partial charge in [0.1, 0.15) is 5.01 Å². The highest BCUT2D eigenvalue weighted by Gasteiger charge is 2.32. The highest BCUT2D eigenvalue weighted by molar-refractivity contribution is 7.15. The lowest BCUT2D eigenvalue weighted by Gasteiger charge is -2.20. The average molecular weight is 414 g/mol. The van der Waals surface area contributed by atoms with Crippen molar-refractivity contribution in [2.24, 2.45) is 17.6 Å². The molecule has 3 atom stereocenters. The molecule has 0 saturated heterocycles. The highest BCUT2D eigenvalue weighted by atomic mass is 35.5. The van der Waals surface area contributed by atoms with E-state index in [1.54, 1.807) is 11.3 Å². The molecule has 1 saturated carbocycles. The number of aryl methyl sites for hydroxylation is 1. The number of benzene rings is 1. The third-order valence-corrected chi connectivity index (χ3v) is 6.62. The Balaban J connectivity index is 0.00000243. The molecule has 1 aromatic carbocycles. The highest BCUT2D eigenvalue weighted by Crippen LogP contribution is 2.34. The summed E-state index contributed by atoms with van der Waals surface area (Å²) in [4.78, 5) is 18.4. The van der Waals surface area contributed by atoms with Gasteiger partial charge in [0.2, 0.25) is 5.91 Å². The molecule has 7 heteroatoms. The van der Waals surface area contributed by atoms with E-state index in [2.05, 4.69) is 10.3 Å². The second-order valence-corrected chi connectivity index (χ2v) is 8.21. The first kappa shape index (κ1) is 21.2. The minimum atomic E-state index is -0.0509. The molecular formula is C19H25Cl2N3OS. The van der Waals surface area contributed by atoms with Gasteiger partial charge in [0, 0.05) is 16.5 Å². The third kappa shape index (κ3) is 4.58. The summed E-state index contributed by atoms with van der Waals surface area (Å²) < 4.78 is 0. The predicted molar refractivity (Wildman–Crippen MR) is 111 cm³/mol. The number of amides is 1. The Morgan fingerprint density at radius 2 is 2.08 bits per heavy atom. The van der Waals surface area contributed by atoms with Crippen molar-refractivity contribution in [3.63, 3.8) is 0 Å². The van der Waals surface area contributed by atoms with Crippen LogP contribution >= 0.6 is 35.3 Å². The van der Waals surface area contributed by atoms with Crippen LogP contribution in [0, 0.1) is 18.8 Å². The summed E-state index contributed by atoms with van der Waals surface area (Å²) in [7, 11) is 0. The fourth-order valence-corrected chi connectivity index (χ4v) is 4.78. The van der Waals surface area contributed by atoms with E-state index in [4.69, 9.17) is 17.3 Å². The molecule has 0 bridgehead atoms. The first-order valence-electron chi connectivity index (χ1n) is 8.73. The minimum Gasteiger partial charge on any atom is -0.348 e. The van der Waals surface area contributed by atoms with E-state index in [-0.39, 0.29) is 30.3 Å². The molecule has 1 aromatic heterocycles. The van der Waals surface area contributed by atoms with Crippen molar-refractivity contribution in [2.45, 2.75) is 39.2 Å². The predicted octanol–water partition coefficient (Wildman–Crippen LogP) is 4.75. The van der Waals surface area contributed by atoms with Gasteiger partial charge in [0.05, 0.1) is 16.6 Å². The van der Waals surface area contributed by atoms with E-state index in [1.807, 2.05) is 38.1 Å². The van der Waals surface area contributed by atoms with Crippen molar-refractivity contribution in [3.8, 4) is 10.6 Å². The van der Waals surface area contributed by atoms with Crippen LogP contribution in [-0.2, 0) is 4.79 Å². The van der Waals surface area contributed by atoms with Crippen molar-refractivity contribution in [1.29, 1.82) is 0 Å². The fraction of sp³-hybridized carbons (Fsp3) is 0.474. The van der Waals surface area contributed by atoms with Gasteiger partial charge in [-0.3, -0.25) is 4.79 Å². The number of halogens is 2. The van der Waals surface area contributed by atoms with E-state index in [0.29, 0.717) is 17.5 Å². The van der Waals surface area contributed by atoms with E-state index in [1.165, 1.54) is 0 Å². The Bertz CT molecular complexity index is 748. The first-order valence-corrected chi connectivity index (χ1v) is 9.92. The molecule has 1 fully saturated rings. The Hall–Kier alpha value is -1.14. The molecule has 26 heavy (non-hydrogen) atoms. The number of hydrogen-bond donors (Lipinski definition) is 2. The molecule has 3 N–H and O–H groups in total. The molecule has 0 radical (unpaired) electrons. The molecule has 3 rings (SSSR count). The molecule has 142 valence electrons. The maximum Gasteiger partial charge on any atom is 0.223 e. The van der Waals surface area contributed by atoms with E-state index >= 15 is 0 Å². The van der Waals surface area contributed by atoms with Crippen LogP contribution in [0.5, 0.6) is 0 Å². The van der Waals surface area contributed by atoms with Crippen LogP contribution in [0.15, 0.2) is 24.3 Å². The third-order valence-electron chi connectivity index (χ3n) is 4.97. The maximum atomic E-state index is 12.6. The molecule has 0 spiro atoms. The molecular weight excluding hydrogens is 389 g/mol. The van der Waals surface area contributed by atoms with Crippen LogP contribution in [0.3, 0.4) is 0 Å². The van der Waals surface area contributed by atoms with Crippen molar-refractivity contribution >= 4 is 41.3 Å². The summed E-state index contributed by atoms with van der Waals surface area (Å²) in [5.74, 6) is 0.497. The molecule has 1 amide bonds. The number of nitrogens with two attached hydrogens (primary N) is 1. The van der Waals surface area contributed by atoms with Gasteiger partial charge >= 0.3 is 0 Å². The molecule has 1 aliphatic carbocycles. The summed E-state index contributed by atoms with van der Waals surface area (Å²) >= 11 is 7.58. The molecule has 1 unspecified atom stereocenters. The molecule has 1 heterocycles. The van der Waals surface area contributed by atoms with E-state index in [0.717, 1.165) is 40.4 Å². The number of nitrogens with zero attached hydrogens (tertiary/aromatic N) is 1. The number of thiazole rings is 1. The van der Waals surface area contributed by atoms with Crippen LogP contribution in [0.25, 0.3) is 10.6 Å². The van der Waals surface area contributed by atoms with Crippen LogP contribution in [0.2, 0.25) is 5.02 Å². The van der Waals surface area contributed by atoms with Crippen LogP contribution in [0.4, 0.5) is 0 Å². The SMILES string of the molecule is Cc1nc(-c2ccc(Cl)cc2)sc1C(C)NC(=O)[C@@H]1CCC[C@@H]1CN.Cl. The summed E-state index contributed by atoms with van der Waals surface area (Å²) in [5.41, 5.74) is 7.81. The van der Waals surface area contributed by atoms with Gasteiger partial charge in [0.15, 0.2) is 0 Å².